The lowest BCUT2D eigenvalue weighted by Gasteiger charge is -2.36. The van der Waals surface area contributed by atoms with Gasteiger partial charge in [-0.15, -0.1) is 0 Å². The molecule has 6 heteroatoms. The minimum absolute atomic E-state index is 0.128. The van der Waals surface area contributed by atoms with Crippen molar-refractivity contribution in [3.05, 3.63) is 0 Å². The smallest absolute Gasteiger partial charge is 0.321 e. The van der Waals surface area contributed by atoms with Crippen LogP contribution in [-0.2, 0) is 9.53 Å². The summed E-state index contributed by atoms with van der Waals surface area (Å²) in [6, 6.07) is -0.238. The zero-order valence-corrected chi connectivity index (χ0v) is 10.7. The largest absolute Gasteiger partial charge is 0.376 e. The van der Waals surface area contributed by atoms with Gasteiger partial charge in [0.2, 0.25) is 5.91 Å². The molecule has 1 fully saturated rings. The van der Waals surface area contributed by atoms with Gasteiger partial charge in [-0.25, -0.2) is 4.79 Å². The van der Waals surface area contributed by atoms with Gasteiger partial charge >= 0.3 is 6.03 Å². The predicted octanol–water partition coefficient (Wildman–Crippen LogP) is -0.0587. The molecule has 0 radical (unpaired) electrons. The summed E-state index contributed by atoms with van der Waals surface area (Å²) in [6.07, 6.45) is 0.128. The number of nitrogens with one attached hydrogen (secondary N) is 2. The fourth-order valence-electron chi connectivity index (χ4n) is 1.75. The second kappa shape index (κ2) is 6.56. The van der Waals surface area contributed by atoms with Crippen molar-refractivity contribution in [3.8, 4) is 0 Å². The van der Waals surface area contributed by atoms with Gasteiger partial charge in [0.25, 0.3) is 0 Å². The van der Waals surface area contributed by atoms with Gasteiger partial charge in [0.15, 0.2) is 0 Å². The summed E-state index contributed by atoms with van der Waals surface area (Å²) in [5.74, 6) is -0.281. The van der Waals surface area contributed by atoms with Gasteiger partial charge in [0.05, 0.1) is 19.3 Å². The summed E-state index contributed by atoms with van der Waals surface area (Å²) in [4.78, 5) is 24.8. The molecule has 0 unspecified atom stereocenters. The first-order valence-corrected chi connectivity index (χ1v) is 5.96. The van der Waals surface area contributed by atoms with Crippen LogP contribution in [0.15, 0.2) is 0 Å². The van der Waals surface area contributed by atoms with Crippen molar-refractivity contribution in [2.24, 2.45) is 0 Å². The molecular formula is C11H21N3O3. The van der Waals surface area contributed by atoms with Crippen LogP contribution in [0, 0.1) is 0 Å². The Hall–Kier alpha value is -1.14. The van der Waals surface area contributed by atoms with Gasteiger partial charge in [0, 0.05) is 19.1 Å². The monoisotopic (exact) mass is 243 g/mol. The molecule has 3 amide bonds. The van der Waals surface area contributed by atoms with Crippen molar-refractivity contribution in [3.63, 3.8) is 0 Å². The summed E-state index contributed by atoms with van der Waals surface area (Å²) >= 11 is 0. The molecule has 0 aromatic heterocycles. The van der Waals surface area contributed by atoms with E-state index in [1.165, 1.54) is 0 Å². The molecule has 1 aliphatic rings. The standard InChI is InChI=1S/C11H21N3O3/c1-4-12-11(16)13-10(15)6-14-5-9(3)17-7-8(14)2/h8-9H,4-7H2,1-3H3,(H2,12,13,15,16)/t8-,9+/m0/s1. The van der Waals surface area contributed by atoms with Crippen molar-refractivity contribution in [2.75, 3.05) is 26.2 Å². The number of hydrogen-bond acceptors (Lipinski definition) is 4. The Morgan fingerprint density at radius 3 is 2.76 bits per heavy atom. The lowest BCUT2D eigenvalue weighted by Crippen LogP contribution is -2.52. The Kier molecular flexibility index (Phi) is 5.37. The SMILES string of the molecule is CCNC(=O)NC(=O)CN1C[C@@H](C)OC[C@@H]1C. The van der Waals surface area contributed by atoms with Crippen LogP contribution in [0.25, 0.3) is 0 Å². The van der Waals surface area contributed by atoms with Crippen LogP contribution in [0.1, 0.15) is 20.8 Å². The van der Waals surface area contributed by atoms with Crippen molar-refractivity contribution in [1.82, 2.24) is 15.5 Å². The zero-order chi connectivity index (χ0) is 12.8. The van der Waals surface area contributed by atoms with Crippen molar-refractivity contribution >= 4 is 11.9 Å². The summed E-state index contributed by atoms with van der Waals surface area (Å²) < 4.78 is 5.47. The summed E-state index contributed by atoms with van der Waals surface area (Å²) in [5, 5.41) is 4.81. The van der Waals surface area contributed by atoms with E-state index in [0.29, 0.717) is 19.7 Å². The molecule has 17 heavy (non-hydrogen) atoms. The maximum Gasteiger partial charge on any atom is 0.321 e. The molecule has 1 rings (SSSR count). The number of morpholine rings is 1. The Bertz CT molecular complexity index is 283. The van der Waals surface area contributed by atoms with E-state index in [0.717, 1.165) is 0 Å². The first kappa shape index (κ1) is 13.9. The normalized spacial score (nSPS) is 25.4. The van der Waals surface area contributed by atoms with Crippen LogP contribution >= 0.6 is 0 Å². The molecule has 98 valence electrons. The van der Waals surface area contributed by atoms with E-state index in [1.807, 2.05) is 18.7 Å². The van der Waals surface area contributed by atoms with E-state index in [1.54, 1.807) is 6.92 Å². The fourth-order valence-corrected chi connectivity index (χ4v) is 1.75. The van der Waals surface area contributed by atoms with Gasteiger partial charge in [-0.1, -0.05) is 0 Å². The molecule has 0 spiro atoms. The Balaban J connectivity index is 2.36. The van der Waals surface area contributed by atoms with Crippen LogP contribution in [0.2, 0.25) is 0 Å². The van der Waals surface area contributed by atoms with Crippen LogP contribution in [0.4, 0.5) is 4.79 Å². The van der Waals surface area contributed by atoms with Crippen molar-refractivity contribution in [2.45, 2.75) is 32.9 Å². The van der Waals surface area contributed by atoms with Gasteiger partial charge < -0.3 is 10.1 Å². The van der Waals surface area contributed by atoms with E-state index in [9.17, 15) is 9.59 Å². The maximum absolute atomic E-state index is 11.6. The second-order valence-corrected chi connectivity index (χ2v) is 4.33. The number of hydrogen-bond donors (Lipinski definition) is 2. The Morgan fingerprint density at radius 1 is 1.41 bits per heavy atom. The third kappa shape index (κ3) is 4.70. The van der Waals surface area contributed by atoms with Crippen LogP contribution < -0.4 is 10.6 Å². The van der Waals surface area contributed by atoms with E-state index in [2.05, 4.69) is 10.6 Å². The molecule has 0 aromatic carbocycles. The number of amides is 3. The van der Waals surface area contributed by atoms with E-state index in [4.69, 9.17) is 4.74 Å². The van der Waals surface area contributed by atoms with Crippen LogP contribution in [-0.4, -0.2) is 55.2 Å². The molecule has 0 aromatic rings. The molecule has 0 aliphatic carbocycles. The van der Waals surface area contributed by atoms with Gasteiger partial charge in [0.1, 0.15) is 0 Å². The molecule has 2 N–H and O–H groups in total. The summed E-state index contributed by atoms with van der Waals surface area (Å²) in [5.41, 5.74) is 0. The van der Waals surface area contributed by atoms with E-state index < -0.39 is 6.03 Å². The van der Waals surface area contributed by atoms with E-state index >= 15 is 0 Å². The van der Waals surface area contributed by atoms with Gasteiger partial charge in [-0.3, -0.25) is 15.0 Å². The molecule has 1 aliphatic heterocycles. The average molecular weight is 243 g/mol. The lowest BCUT2D eigenvalue weighted by molar-refractivity contribution is -0.124. The summed E-state index contributed by atoms with van der Waals surface area (Å²) in [7, 11) is 0. The third-order valence-electron chi connectivity index (χ3n) is 2.67. The number of urea groups is 1. The van der Waals surface area contributed by atoms with E-state index in [-0.39, 0.29) is 24.6 Å². The minimum atomic E-state index is -0.438. The quantitative estimate of drug-likeness (QED) is 0.728. The zero-order valence-electron chi connectivity index (χ0n) is 10.7. The fraction of sp³-hybridized carbons (Fsp3) is 0.818. The number of carbonyl (C=O) groups excluding carboxylic acids is 2. The number of ether oxygens (including phenoxy) is 1. The molecule has 2 atom stereocenters. The number of rotatable bonds is 3. The number of imide groups is 1. The number of carbonyl (C=O) groups is 2. The topological polar surface area (TPSA) is 70.7 Å². The predicted molar refractivity (Wildman–Crippen MR) is 63.7 cm³/mol. The molecule has 6 nitrogen and oxygen atoms in total. The molecular weight excluding hydrogens is 222 g/mol. The van der Waals surface area contributed by atoms with Gasteiger partial charge in [-0.2, -0.15) is 0 Å². The highest BCUT2D eigenvalue weighted by molar-refractivity contribution is 5.95. The summed E-state index contributed by atoms with van der Waals surface area (Å²) in [6.45, 7) is 7.84. The Morgan fingerprint density at radius 2 is 2.12 bits per heavy atom. The Labute approximate surface area is 102 Å². The average Bonchev–Trinajstić information content (AvgIpc) is 2.23. The third-order valence-corrected chi connectivity index (χ3v) is 2.67. The molecule has 1 heterocycles. The van der Waals surface area contributed by atoms with Crippen LogP contribution in [0.5, 0.6) is 0 Å². The highest BCUT2D eigenvalue weighted by Gasteiger charge is 2.25. The van der Waals surface area contributed by atoms with Crippen molar-refractivity contribution < 1.29 is 14.3 Å². The highest BCUT2D eigenvalue weighted by Crippen LogP contribution is 2.10. The second-order valence-electron chi connectivity index (χ2n) is 4.33. The highest BCUT2D eigenvalue weighted by atomic mass is 16.5. The molecule has 0 saturated carbocycles. The first-order valence-electron chi connectivity index (χ1n) is 5.96. The van der Waals surface area contributed by atoms with Crippen molar-refractivity contribution in [1.29, 1.82) is 0 Å². The molecule has 1 saturated heterocycles. The maximum atomic E-state index is 11.6. The minimum Gasteiger partial charge on any atom is -0.376 e. The lowest BCUT2D eigenvalue weighted by atomic mass is 10.2. The molecule has 0 bridgehead atoms. The van der Waals surface area contributed by atoms with Gasteiger partial charge in [-0.05, 0) is 20.8 Å². The first-order chi connectivity index (χ1) is 8.02. The van der Waals surface area contributed by atoms with Crippen LogP contribution in [0.3, 0.4) is 0 Å². The number of nitrogens with zero attached hydrogens (tertiary/aromatic N) is 1.